The predicted molar refractivity (Wildman–Crippen MR) is 76.9 cm³/mol. The second kappa shape index (κ2) is 5.71. The number of ether oxygens (including phenoxy) is 1. The standard InChI is InChI=1S/C14H18O4Si/c1-15-12-8-9-13-11(10-12)6-5-7-14(13)19(16-2,17-3)18-4/h5-10H,1-4H3. The van der Waals surface area contributed by atoms with E-state index in [1.165, 1.54) is 0 Å². The summed E-state index contributed by atoms with van der Waals surface area (Å²) < 4.78 is 21.9. The minimum Gasteiger partial charge on any atom is -0.497 e. The van der Waals surface area contributed by atoms with E-state index in [9.17, 15) is 0 Å². The molecule has 0 N–H and O–H groups in total. The lowest BCUT2D eigenvalue weighted by Gasteiger charge is -2.25. The summed E-state index contributed by atoms with van der Waals surface area (Å²) in [5.74, 6) is 0.823. The van der Waals surface area contributed by atoms with Crippen LogP contribution in [0.15, 0.2) is 36.4 Å². The van der Waals surface area contributed by atoms with E-state index < -0.39 is 8.80 Å². The summed E-state index contributed by atoms with van der Waals surface area (Å²) in [7, 11) is 3.67. The van der Waals surface area contributed by atoms with E-state index in [0.717, 1.165) is 21.7 Å². The topological polar surface area (TPSA) is 36.9 Å². The highest BCUT2D eigenvalue weighted by Crippen LogP contribution is 2.22. The minimum atomic E-state index is -2.83. The molecule has 0 radical (unpaired) electrons. The summed E-state index contributed by atoms with van der Waals surface area (Å²) in [6.45, 7) is 0. The summed E-state index contributed by atoms with van der Waals surface area (Å²) >= 11 is 0. The van der Waals surface area contributed by atoms with Crippen molar-refractivity contribution in [3.8, 4) is 5.75 Å². The van der Waals surface area contributed by atoms with E-state index in [4.69, 9.17) is 18.0 Å². The number of hydrogen-bond acceptors (Lipinski definition) is 4. The SMILES string of the molecule is COc1ccc2c([Si](OC)(OC)OC)cccc2c1. The van der Waals surface area contributed by atoms with Crippen LogP contribution < -0.4 is 9.92 Å². The lowest BCUT2D eigenvalue weighted by atomic mass is 10.1. The third-order valence-corrected chi connectivity index (χ3v) is 5.93. The fourth-order valence-electron chi connectivity index (χ4n) is 2.24. The summed E-state index contributed by atoms with van der Waals surface area (Å²) in [6, 6.07) is 11.9. The Hall–Kier alpha value is -1.40. The second-order valence-electron chi connectivity index (χ2n) is 4.06. The van der Waals surface area contributed by atoms with Gasteiger partial charge in [0.05, 0.1) is 7.11 Å². The smallest absolute Gasteiger partial charge is 0.497 e. The quantitative estimate of drug-likeness (QED) is 0.783. The minimum absolute atomic E-state index is 0.823. The van der Waals surface area contributed by atoms with Crippen LogP contribution in [-0.2, 0) is 13.3 Å². The van der Waals surface area contributed by atoms with Gasteiger partial charge in [0.2, 0.25) is 0 Å². The van der Waals surface area contributed by atoms with Gasteiger partial charge in [-0.05, 0) is 22.9 Å². The van der Waals surface area contributed by atoms with Gasteiger partial charge in [0.15, 0.2) is 0 Å². The van der Waals surface area contributed by atoms with Crippen LogP contribution in [0.5, 0.6) is 5.75 Å². The van der Waals surface area contributed by atoms with Crippen molar-refractivity contribution >= 4 is 24.8 Å². The lowest BCUT2D eigenvalue weighted by molar-refractivity contribution is 0.140. The lowest BCUT2D eigenvalue weighted by Crippen LogP contribution is -2.54. The Morgan fingerprint density at radius 3 is 2.11 bits per heavy atom. The first-order valence-corrected chi connectivity index (χ1v) is 7.66. The average Bonchev–Trinajstić information content (AvgIpc) is 2.49. The Kier molecular flexibility index (Phi) is 4.21. The van der Waals surface area contributed by atoms with Gasteiger partial charge >= 0.3 is 8.80 Å². The predicted octanol–water partition coefficient (Wildman–Crippen LogP) is 1.93. The highest BCUT2D eigenvalue weighted by atomic mass is 28.4. The largest absolute Gasteiger partial charge is 0.537 e. The zero-order valence-electron chi connectivity index (χ0n) is 11.6. The highest BCUT2D eigenvalue weighted by Gasteiger charge is 2.41. The third-order valence-electron chi connectivity index (χ3n) is 3.22. The Morgan fingerprint density at radius 1 is 0.842 bits per heavy atom. The van der Waals surface area contributed by atoms with Crippen molar-refractivity contribution in [3.63, 3.8) is 0 Å². The van der Waals surface area contributed by atoms with E-state index in [1.54, 1.807) is 28.4 Å². The molecular weight excluding hydrogens is 260 g/mol. The summed E-state index contributed by atoms with van der Waals surface area (Å²) in [6.07, 6.45) is 0. The number of hydrogen-bond donors (Lipinski definition) is 0. The summed E-state index contributed by atoms with van der Waals surface area (Å²) in [5.41, 5.74) is 0. The van der Waals surface area contributed by atoms with Gasteiger partial charge in [-0.2, -0.15) is 0 Å². The Balaban J connectivity index is 2.67. The van der Waals surface area contributed by atoms with Crippen molar-refractivity contribution in [1.29, 1.82) is 0 Å². The van der Waals surface area contributed by atoms with Crippen LogP contribution in [0, 0.1) is 0 Å². The highest BCUT2D eigenvalue weighted by molar-refractivity contribution is 6.77. The maximum Gasteiger partial charge on any atom is 0.537 e. The van der Waals surface area contributed by atoms with Crippen molar-refractivity contribution in [2.24, 2.45) is 0 Å². The van der Waals surface area contributed by atoms with Crippen molar-refractivity contribution < 1.29 is 18.0 Å². The number of rotatable bonds is 5. The first-order chi connectivity index (χ1) is 9.20. The van der Waals surface area contributed by atoms with E-state index in [-0.39, 0.29) is 0 Å². The molecule has 2 aromatic rings. The van der Waals surface area contributed by atoms with E-state index in [2.05, 4.69) is 0 Å². The maximum atomic E-state index is 5.55. The molecule has 0 bridgehead atoms. The molecule has 0 aliphatic carbocycles. The molecule has 19 heavy (non-hydrogen) atoms. The zero-order chi connectivity index (χ0) is 13.9. The van der Waals surface area contributed by atoms with Crippen LogP contribution in [0.3, 0.4) is 0 Å². The van der Waals surface area contributed by atoms with Crippen molar-refractivity contribution in [2.75, 3.05) is 28.4 Å². The van der Waals surface area contributed by atoms with Gasteiger partial charge in [-0.25, -0.2) is 0 Å². The summed E-state index contributed by atoms with van der Waals surface area (Å²) in [4.78, 5) is 0. The van der Waals surface area contributed by atoms with Crippen LogP contribution >= 0.6 is 0 Å². The van der Waals surface area contributed by atoms with Gasteiger partial charge in [0.1, 0.15) is 5.75 Å². The van der Waals surface area contributed by atoms with E-state index in [0.29, 0.717) is 0 Å². The fourth-order valence-corrected chi connectivity index (χ4v) is 4.25. The molecule has 0 amide bonds. The van der Waals surface area contributed by atoms with Crippen LogP contribution in [-0.4, -0.2) is 37.2 Å². The Labute approximate surface area is 114 Å². The third kappa shape index (κ3) is 2.37. The molecule has 0 atom stereocenters. The van der Waals surface area contributed by atoms with Crippen LogP contribution in [0.25, 0.3) is 10.8 Å². The molecule has 102 valence electrons. The molecule has 0 spiro atoms. The molecule has 4 nitrogen and oxygen atoms in total. The van der Waals surface area contributed by atoms with Crippen molar-refractivity contribution in [2.45, 2.75) is 0 Å². The second-order valence-corrected chi connectivity index (χ2v) is 6.94. The molecule has 0 saturated carbocycles. The van der Waals surface area contributed by atoms with Crippen LogP contribution in [0.1, 0.15) is 0 Å². The molecule has 0 unspecified atom stereocenters. The van der Waals surface area contributed by atoms with Gasteiger partial charge < -0.3 is 18.0 Å². The van der Waals surface area contributed by atoms with E-state index >= 15 is 0 Å². The van der Waals surface area contributed by atoms with Gasteiger partial charge in [0.25, 0.3) is 0 Å². The van der Waals surface area contributed by atoms with Gasteiger partial charge in [-0.1, -0.05) is 24.3 Å². The first kappa shape index (κ1) is 14.0. The van der Waals surface area contributed by atoms with Gasteiger partial charge in [0, 0.05) is 26.5 Å². The molecule has 0 heterocycles. The summed E-state index contributed by atoms with van der Waals surface area (Å²) in [5, 5.41) is 3.08. The maximum absolute atomic E-state index is 5.55. The van der Waals surface area contributed by atoms with Crippen LogP contribution in [0.2, 0.25) is 0 Å². The zero-order valence-corrected chi connectivity index (χ0v) is 12.6. The molecular formula is C14H18O4Si. The molecule has 2 aromatic carbocycles. The van der Waals surface area contributed by atoms with E-state index in [1.807, 2.05) is 36.4 Å². The van der Waals surface area contributed by atoms with Crippen molar-refractivity contribution in [3.05, 3.63) is 36.4 Å². The molecule has 0 aromatic heterocycles. The van der Waals surface area contributed by atoms with Gasteiger partial charge in [-0.3, -0.25) is 0 Å². The number of benzene rings is 2. The Bertz CT molecular complexity index is 558. The molecule has 0 aliphatic rings. The Morgan fingerprint density at radius 2 is 1.53 bits per heavy atom. The van der Waals surface area contributed by atoms with Gasteiger partial charge in [-0.15, -0.1) is 0 Å². The fraction of sp³-hybridized carbons (Fsp3) is 0.286. The van der Waals surface area contributed by atoms with Crippen LogP contribution in [0.4, 0.5) is 0 Å². The average molecular weight is 278 g/mol. The first-order valence-electron chi connectivity index (χ1n) is 5.93. The number of methoxy groups -OCH3 is 1. The molecule has 0 fully saturated rings. The molecule has 0 saturated heterocycles. The normalized spacial score (nSPS) is 11.8. The number of fused-ring (bicyclic) bond motifs is 1. The molecule has 5 heteroatoms. The molecule has 2 rings (SSSR count). The monoisotopic (exact) mass is 278 g/mol. The molecule has 0 aliphatic heterocycles. The van der Waals surface area contributed by atoms with Crippen molar-refractivity contribution in [1.82, 2.24) is 0 Å².